The molecule has 3 fully saturated rings. The monoisotopic (exact) mass is 342 g/mol. The molecule has 5 rings (SSSR count). The Bertz CT molecular complexity index is 888. The topological polar surface area (TPSA) is 59.5 Å². The van der Waals surface area contributed by atoms with Crippen molar-refractivity contribution in [1.29, 1.82) is 0 Å². The first-order valence-corrected chi connectivity index (χ1v) is 9.10. The van der Waals surface area contributed by atoms with E-state index in [2.05, 4.69) is 4.98 Å². The molecule has 124 valence electrons. The summed E-state index contributed by atoms with van der Waals surface area (Å²) in [6.45, 7) is 5.82. The lowest BCUT2D eigenvalue weighted by atomic mass is 9.59. The molecule has 0 saturated carbocycles. The highest BCUT2D eigenvalue weighted by Gasteiger charge is 2.77. The van der Waals surface area contributed by atoms with Crippen LogP contribution in [0.2, 0.25) is 0 Å². The number of hydrogen-bond acceptors (Lipinski definition) is 5. The molecule has 24 heavy (non-hydrogen) atoms. The number of benzene rings is 1. The van der Waals surface area contributed by atoms with Crippen LogP contribution >= 0.6 is 11.3 Å². The van der Waals surface area contributed by atoms with Gasteiger partial charge in [-0.1, -0.05) is 17.4 Å². The second kappa shape index (κ2) is 4.24. The van der Waals surface area contributed by atoms with Gasteiger partial charge in [0, 0.05) is 0 Å². The van der Waals surface area contributed by atoms with Gasteiger partial charge in [0.2, 0.25) is 11.8 Å². The highest BCUT2D eigenvalue weighted by atomic mass is 32.1. The number of amides is 2. The molecule has 6 heteroatoms. The summed E-state index contributed by atoms with van der Waals surface area (Å²) in [6.07, 6.45) is 1.38. The number of hydrogen-bond donors (Lipinski definition) is 0. The van der Waals surface area contributed by atoms with Gasteiger partial charge in [0.1, 0.15) is 0 Å². The van der Waals surface area contributed by atoms with Gasteiger partial charge >= 0.3 is 0 Å². The van der Waals surface area contributed by atoms with Gasteiger partial charge in [-0.2, -0.15) is 0 Å². The van der Waals surface area contributed by atoms with Crippen LogP contribution in [0.3, 0.4) is 0 Å². The molecule has 3 saturated heterocycles. The van der Waals surface area contributed by atoms with E-state index in [1.807, 2.05) is 39.0 Å². The minimum absolute atomic E-state index is 0.155. The summed E-state index contributed by atoms with van der Waals surface area (Å²) in [5.41, 5.74) is 0.411. The molecule has 3 aliphatic rings. The van der Waals surface area contributed by atoms with Gasteiger partial charge in [0.15, 0.2) is 5.13 Å². The first-order valence-electron chi connectivity index (χ1n) is 8.29. The fourth-order valence-electron chi connectivity index (χ4n) is 4.72. The Hall–Kier alpha value is -1.79. The molecule has 5 nitrogen and oxygen atoms in total. The van der Waals surface area contributed by atoms with Gasteiger partial charge in [0.05, 0.1) is 33.3 Å². The molecule has 0 spiro atoms. The van der Waals surface area contributed by atoms with Crippen LogP contribution in [-0.2, 0) is 14.3 Å². The number of carbonyl (C=O) groups excluding carboxylic acids is 2. The first kappa shape index (κ1) is 14.5. The Morgan fingerprint density at radius 1 is 1.17 bits per heavy atom. The van der Waals surface area contributed by atoms with Crippen LogP contribution in [-0.4, -0.2) is 29.0 Å². The summed E-state index contributed by atoms with van der Waals surface area (Å²) < 4.78 is 6.96. The van der Waals surface area contributed by atoms with Crippen LogP contribution in [0.4, 0.5) is 5.13 Å². The van der Waals surface area contributed by atoms with Gasteiger partial charge in [0.25, 0.3) is 0 Å². The number of rotatable bonds is 1. The van der Waals surface area contributed by atoms with Crippen molar-refractivity contribution in [3.8, 4) is 0 Å². The van der Waals surface area contributed by atoms with Crippen molar-refractivity contribution in [1.82, 2.24) is 4.98 Å². The molecule has 2 amide bonds. The molecule has 0 aliphatic carbocycles. The number of fused-ring (bicyclic) bond motifs is 6. The first-order chi connectivity index (χ1) is 11.4. The highest BCUT2D eigenvalue weighted by molar-refractivity contribution is 7.22. The Balaban J connectivity index is 1.67. The van der Waals surface area contributed by atoms with Crippen LogP contribution in [0.15, 0.2) is 18.2 Å². The Morgan fingerprint density at radius 3 is 2.42 bits per heavy atom. The fourth-order valence-corrected chi connectivity index (χ4v) is 5.78. The summed E-state index contributed by atoms with van der Waals surface area (Å²) in [4.78, 5) is 32.4. The molecule has 2 aromatic rings. The maximum Gasteiger partial charge on any atom is 0.245 e. The number of aryl methyl sites for hydroxylation is 1. The summed E-state index contributed by atoms with van der Waals surface area (Å²) >= 11 is 1.41. The van der Waals surface area contributed by atoms with Crippen molar-refractivity contribution in [2.24, 2.45) is 10.8 Å². The predicted molar refractivity (Wildman–Crippen MR) is 91.0 cm³/mol. The molecular weight excluding hydrogens is 324 g/mol. The Labute approximate surface area is 143 Å². The van der Waals surface area contributed by atoms with Gasteiger partial charge < -0.3 is 4.74 Å². The van der Waals surface area contributed by atoms with Crippen LogP contribution in [0.5, 0.6) is 0 Å². The van der Waals surface area contributed by atoms with Gasteiger partial charge in [-0.25, -0.2) is 9.88 Å². The number of carbonyl (C=O) groups is 2. The Morgan fingerprint density at radius 2 is 1.79 bits per heavy atom. The second-order valence-electron chi connectivity index (χ2n) is 7.51. The predicted octanol–water partition coefficient (Wildman–Crippen LogP) is 3.05. The maximum atomic E-state index is 13.3. The van der Waals surface area contributed by atoms with E-state index in [9.17, 15) is 9.59 Å². The minimum Gasteiger partial charge on any atom is -0.373 e. The summed E-state index contributed by atoms with van der Waals surface area (Å²) in [5, 5.41) is 0.488. The molecular formula is C18H18N2O3S. The SMILES string of the molecule is Cc1ccc2nc(N3C(=O)[C@@]4(C)[C@@H]5CC[C@@H](O5)[C@@]4(C)C3=O)sc2c1. The van der Waals surface area contributed by atoms with Crippen LogP contribution in [0.1, 0.15) is 32.3 Å². The lowest BCUT2D eigenvalue weighted by molar-refractivity contribution is -0.132. The standard InChI is InChI=1S/C18H18N2O3S/c1-9-4-5-10-11(8-9)24-16(19-10)20-14(21)17(2)12-6-7-13(23-12)18(17,3)15(20)22/h4-5,8,12-13H,6-7H2,1-3H3/t12-,13+,17+,18-. The van der Waals surface area contributed by atoms with E-state index < -0.39 is 10.8 Å². The molecule has 1 aromatic heterocycles. The van der Waals surface area contributed by atoms with Crippen molar-refractivity contribution in [3.63, 3.8) is 0 Å². The lowest BCUT2D eigenvalue weighted by Gasteiger charge is -2.36. The van der Waals surface area contributed by atoms with Gasteiger partial charge in [-0.3, -0.25) is 9.59 Å². The van der Waals surface area contributed by atoms with E-state index in [1.165, 1.54) is 16.2 Å². The number of imide groups is 1. The summed E-state index contributed by atoms with van der Waals surface area (Å²) in [7, 11) is 0. The van der Waals surface area contributed by atoms with E-state index >= 15 is 0 Å². The molecule has 3 aliphatic heterocycles. The summed E-state index contributed by atoms with van der Waals surface area (Å²) in [6, 6.07) is 5.97. The van der Waals surface area contributed by atoms with Crippen LogP contribution in [0, 0.1) is 17.8 Å². The molecule has 0 N–H and O–H groups in total. The quantitative estimate of drug-likeness (QED) is 0.748. The van der Waals surface area contributed by atoms with Gasteiger partial charge in [-0.05, 0) is 51.3 Å². The van der Waals surface area contributed by atoms with Crippen molar-refractivity contribution >= 4 is 38.5 Å². The van der Waals surface area contributed by atoms with E-state index in [0.29, 0.717) is 5.13 Å². The zero-order valence-corrected chi connectivity index (χ0v) is 14.6. The minimum atomic E-state index is -0.777. The summed E-state index contributed by atoms with van der Waals surface area (Å²) in [5.74, 6) is -0.309. The Kier molecular flexibility index (Phi) is 2.57. The molecule has 1 aromatic carbocycles. The van der Waals surface area contributed by atoms with Crippen molar-refractivity contribution < 1.29 is 14.3 Å². The van der Waals surface area contributed by atoms with E-state index in [4.69, 9.17) is 4.74 Å². The number of aromatic nitrogens is 1. The molecule has 0 radical (unpaired) electrons. The van der Waals surface area contributed by atoms with E-state index in [1.54, 1.807) is 0 Å². The second-order valence-corrected chi connectivity index (χ2v) is 8.52. The van der Waals surface area contributed by atoms with E-state index in [0.717, 1.165) is 28.6 Å². The van der Waals surface area contributed by atoms with Crippen LogP contribution in [0.25, 0.3) is 10.2 Å². The van der Waals surface area contributed by atoms with Crippen molar-refractivity contribution in [2.45, 2.75) is 45.8 Å². The highest BCUT2D eigenvalue weighted by Crippen LogP contribution is 2.64. The molecule has 4 heterocycles. The molecule has 4 atom stereocenters. The van der Waals surface area contributed by atoms with Crippen molar-refractivity contribution in [3.05, 3.63) is 23.8 Å². The molecule has 2 bridgehead atoms. The number of thiazole rings is 1. The lowest BCUT2D eigenvalue weighted by Crippen LogP contribution is -2.48. The third kappa shape index (κ3) is 1.39. The zero-order valence-electron chi connectivity index (χ0n) is 13.8. The number of nitrogens with zero attached hydrogens (tertiary/aromatic N) is 2. The van der Waals surface area contributed by atoms with E-state index in [-0.39, 0.29) is 24.0 Å². The average molecular weight is 342 g/mol. The number of ether oxygens (including phenoxy) is 1. The van der Waals surface area contributed by atoms with Gasteiger partial charge in [-0.15, -0.1) is 0 Å². The fraction of sp³-hybridized carbons (Fsp3) is 0.500. The normalized spacial score (nSPS) is 37.7. The smallest absolute Gasteiger partial charge is 0.245 e. The average Bonchev–Trinajstić information content (AvgIpc) is 3.25. The van der Waals surface area contributed by atoms with Crippen LogP contribution < -0.4 is 4.90 Å². The van der Waals surface area contributed by atoms with Crippen molar-refractivity contribution in [2.75, 3.05) is 4.90 Å². The zero-order chi connectivity index (χ0) is 16.9. The molecule has 0 unspecified atom stereocenters. The third-order valence-electron chi connectivity index (χ3n) is 6.40. The largest absolute Gasteiger partial charge is 0.373 e. The maximum absolute atomic E-state index is 13.3. The third-order valence-corrected chi connectivity index (χ3v) is 7.41. The number of anilines is 1.